The molecule has 4 nitrogen and oxygen atoms in total. The summed E-state index contributed by atoms with van der Waals surface area (Å²) >= 11 is 1.32. The van der Waals surface area contributed by atoms with Gasteiger partial charge >= 0.3 is 5.97 Å². The summed E-state index contributed by atoms with van der Waals surface area (Å²) in [5.74, 6) is -0.0710. The average Bonchev–Trinajstić information content (AvgIpc) is 2.94. The lowest BCUT2D eigenvalue weighted by atomic mass is 9.80. The maximum Gasteiger partial charge on any atom is 0.347 e. The van der Waals surface area contributed by atoms with E-state index in [4.69, 9.17) is 0 Å². The highest BCUT2D eigenvalue weighted by molar-refractivity contribution is 7.17. The minimum Gasteiger partial charge on any atom is -0.477 e. The molecule has 1 aromatic heterocycles. The van der Waals surface area contributed by atoms with Crippen molar-refractivity contribution in [2.75, 3.05) is 18.0 Å². The molecule has 1 aromatic rings. The van der Waals surface area contributed by atoms with E-state index in [2.05, 4.69) is 30.7 Å². The first-order chi connectivity index (χ1) is 9.20. The lowest BCUT2D eigenvalue weighted by Crippen LogP contribution is -2.25. The highest BCUT2D eigenvalue weighted by Crippen LogP contribution is 2.38. The number of thiazole rings is 1. The van der Waals surface area contributed by atoms with E-state index in [1.54, 1.807) is 0 Å². The van der Waals surface area contributed by atoms with Gasteiger partial charge in [-0.2, -0.15) is 0 Å². The van der Waals surface area contributed by atoms with Crippen molar-refractivity contribution >= 4 is 22.4 Å². The van der Waals surface area contributed by atoms with Crippen molar-refractivity contribution < 1.29 is 9.90 Å². The van der Waals surface area contributed by atoms with Crippen molar-refractivity contribution in [3.8, 4) is 0 Å². The number of carboxylic acid groups (broad SMARTS) is 1. The Morgan fingerprint density at radius 1 is 1.45 bits per heavy atom. The molecule has 1 atom stereocenters. The van der Waals surface area contributed by atoms with Crippen LogP contribution in [0.1, 0.15) is 62.3 Å². The van der Waals surface area contributed by atoms with Crippen LogP contribution in [0.15, 0.2) is 0 Å². The van der Waals surface area contributed by atoms with Crippen LogP contribution < -0.4 is 4.90 Å². The van der Waals surface area contributed by atoms with Gasteiger partial charge in [0, 0.05) is 13.1 Å². The molecule has 1 aliphatic heterocycles. The zero-order valence-electron chi connectivity index (χ0n) is 12.9. The van der Waals surface area contributed by atoms with Gasteiger partial charge in [-0.25, -0.2) is 9.78 Å². The zero-order chi connectivity index (χ0) is 15.1. The number of hydrogen-bond acceptors (Lipinski definition) is 4. The van der Waals surface area contributed by atoms with Gasteiger partial charge in [-0.05, 0) is 23.7 Å². The number of carboxylic acids is 1. The third-order valence-electron chi connectivity index (χ3n) is 4.07. The smallest absolute Gasteiger partial charge is 0.347 e. The maximum absolute atomic E-state index is 11.3. The van der Waals surface area contributed by atoms with Gasteiger partial charge in [0.25, 0.3) is 0 Å². The van der Waals surface area contributed by atoms with Crippen LogP contribution in [0.3, 0.4) is 0 Å². The van der Waals surface area contributed by atoms with Crippen LogP contribution in [0.2, 0.25) is 0 Å². The van der Waals surface area contributed by atoms with Crippen molar-refractivity contribution in [1.29, 1.82) is 0 Å². The van der Waals surface area contributed by atoms with Crippen molar-refractivity contribution in [1.82, 2.24) is 4.98 Å². The summed E-state index contributed by atoms with van der Waals surface area (Å²) in [7, 11) is 0. The molecule has 20 heavy (non-hydrogen) atoms. The van der Waals surface area contributed by atoms with Gasteiger partial charge in [0.1, 0.15) is 4.88 Å². The van der Waals surface area contributed by atoms with Gasteiger partial charge in [0.15, 0.2) is 5.13 Å². The summed E-state index contributed by atoms with van der Waals surface area (Å²) in [6.07, 6.45) is 1.16. The Morgan fingerprint density at radius 2 is 2.10 bits per heavy atom. The van der Waals surface area contributed by atoms with Crippen LogP contribution in [0, 0.1) is 11.3 Å². The Bertz CT molecular complexity index is 502. The molecule has 1 aliphatic rings. The van der Waals surface area contributed by atoms with Gasteiger partial charge in [0.05, 0.1) is 5.69 Å². The first-order valence-corrected chi connectivity index (χ1v) is 8.00. The summed E-state index contributed by atoms with van der Waals surface area (Å²) in [6, 6.07) is 0. The van der Waals surface area contributed by atoms with Crippen LogP contribution in [-0.2, 0) is 0 Å². The molecule has 0 spiro atoms. The zero-order valence-corrected chi connectivity index (χ0v) is 13.8. The number of rotatable bonds is 3. The lowest BCUT2D eigenvalue weighted by molar-refractivity contribution is 0.0700. The topological polar surface area (TPSA) is 53.4 Å². The van der Waals surface area contributed by atoms with Crippen molar-refractivity contribution in [2.24, 2.45) is 11.3 Å². The number of hydrogen-bond donors (Lipinski definition) is 1. The second-order valence-electron chi connectivity index (χ2n) is 6.97. The SMILES string of the molecule is CC(C)c1nc(N2CCC(C(C)(C)C)C2)sc1C(=O)O. The highest BCUT2D eigenvalue weighted by Gasteiger charge is 2.33. The Hall–Kier alpha value is -1.10. The number of carbonyl (C=O) groups is 1. The first-order valence-electron chi connectivity index (χ1n) is 7.19. The maximum atomic E-state index is 11.3. The largest absolute Gasteiger partial charge is 0.477 e. The molecular formula is C15H24N2O2S. The molecular weight excluding hydrogens is 272 g/mol. The lowest BCUT2D eigenvalue weighted by Gasteiger charge is -2.26. The second-order valence-corrected chi connectivity index (χ2v) is 7.95. The molecule has 2 rings (SSSR count). The van der Waals surface area contributed by atoms with E-state index in [-0.39, 0.29) is 5.92 Å². The van der Waals surface area contributed by atoms with Gasteiger partial charge < -0.3 is 10.0 Å². The summed E-state index contributed by atoms with van der Waals surface area (Å²) in [5.41, 5.74) is 1.01. The molecule has 1 fully saturated rings. The third-order valence-corrected chi connectivity index (χ3v) is 5.19. The van der Waals surface area contributed by atoms with Crippen molar-refractivity contribution in [2.45, 2.75) is 47.0 Å². The quantitative estimate of drug-likeness (QED) is 0.921. The minimum atomic E-state index is -0.857. The molecule has 2 heterocycles. The highest BCUT2D eigenvalue weighted by atomic mass is 32.1. The number of nitrogens with zero attached hydrogens (tertiary/aromatic N) is 2. The van der Waals surface area contributed by atoms with E-state index in [9.17, 15) is 9.90 Å². The van der Waals surface area contributed by atoms with Crippen molar-refractivity contribution in [3.05, 3.63) is 10.6 Å². The van der Waals surface area contributed by atoms with Crippen LogP contribution in [0.4, 0.5) is 5.13 Å². The molecule has 0 bridgehead atoms. The fourth-order valence-corrected chi connectivity index (χ4v) is 3.74. The molecule has 112 valence electrons. The fraction of sp³-hybridized carbons (Fsp3) is 0.733. The monoisotopic (exact) mass is 296 g/mol. The number of aromatic nitrogens is 1. The fourth-order valence-electron chi connectivity index (χ4n) is 2.64. The van der Waals surface area contributed by atoms with Gasteiger partial charge in [-0.1, -0.05) is 46.0 Å². The molecule has 0 aliphatic carbocycles. The molecule has 1 saturated heterocycles. The summed E-state index contributed by atoms with van der Waals surface area (Å²) in [4.78, 5) is 18.6. The molecule has 0 amide bonds. The molecule has 0 aromatic carbocycles. The summed E-state index contributed by atoms with van der Waals surface area (Å²) < 4.78 is 0. The molecule has 0 saturated carbocycles. The second kappa shape index (κ2) is 5.35. The van der Waals surface area contributed by atoms with Gasteiger partial charge in [0.2, 0.25) is 0 Å². The van der Waals surface area contributed by atoms with Crippen LogP contribution >= 0.6 is 11.3 Å². The van der Waals surface area contributed by atoms with E-state index < -0.39 is 5.97 Å². The summed E-state index contributed by atoms with van der Waals surface area (Å²) in [5, 5.41) is 10.2. The predicted molar refractivity (Wildman–Crippen MR) is 82.9 cm³/mol. The summed E-state index contributed by atoms with van der Waals surface area (Å²) in [6.45, 7) is 12.8. The van der Waals surface area contributed by atoms with E-state index in [1.165, 1.54) is 11.3 Å². The Labute approximate surface area is 124 Å². The van der Waals surface area contributed by atoms with E-state index in [1.807, 2.05) is 13.8 Å². The average molecular weight is 296 g/mol. The molecule has 1 unspecified atom stereocenters. The van der Waals surface area contributed by atoms with E-state index >= 15 is 0 Å². The first kappa shape index (κ1) is 15.3. The molecule has 5 heteroatoms. The Kier molecular flexibility index (Phi) is 4.09. The van der Waals surface area contributed by atoms with E-state index in [0.717, 1.165) is 30.3 Å². The van der Waals surface area contributed by atoms with E-state index in [0.29, 0.717) is 16.2 Å². The minimum absolute atomic E-state index is 0.145. The Balaban J connectivity index is 2.23. The number of anilines is 1. The van der Waals surface area contributed by atoms with Crippen LogP contribution in [0.5, 0.6) is 0 Å². The van der Waals surface area contributed by atoms with Crippen LogP contribution in [0.25, 0.3) is 0 Å². The molecule has 0 radical (unpaired) electrons. The normalized spacial score (nSPS) is 19.9. The van der Waals surface area contributed by atoms with Crippen LogP contribution in [-0.4, -0.2) is 29.1 Å². The molecule has 1 N–H and O–H groups in total. The number of aromatic carboxylic acids is 1. The standard InChI is InChI=1S/C15H24N2O2S/c1-9(2)11-12(13(18)19)20-14(16-11)17-7-6-10(8-17)15(3,4)5/h9-10H,6-8H2,1-5H3,(H,18,19). The van der Waals surface area contributed by atoms with Gasteiger partial charge in [-0.15, -0.1) is 0 Å². The van der Waals surface area contributed by atoms with Crippen molar-refractivity contribution in [3.63, 3.8) is 0 Å². The van der Waals surface area contributed by atoms with Gasteiger partial charge in [-0.3, -0.25) is 0 Å². The predicted octanol–water partition coefficient (Wildman–Crippen LogP) is 3.84. The Morgan fingerprint density at radius 3 is 2.50 bits per heavy atom. The third kappa shape index (κ3) is 2.97.